The van der Waals surface area contributed by atoms with Crippen LogP contribution < -0.4 is 14.8 Å². The topological polar surface area (TPSA) is 88.9 Å². The average molecular weight is 516 g/mol. The van der Waals surface area contributed by atoms with Gasteiger partial charge in [-0.25, -0.2) is 4.98 Å². The van der Waals surface area contributed by atoms with Gasteiger partial charge >= 0.3 is 0 Å². The smallest absolute Gasteiger partial charge is 0.270 e. The third kappa shape index (κ3) is 6.12. The first-order valence-electron chi connectivity index (χ1n) is 12.3. The Morgan fingerprint density at radius 1 is 0.895 bits per heavy atom. The number of hydrogen-bond donors (Lipinski definition) is 1. The molecule has 9 heteroatoms. The summed E-state index contributed by atoms with van der Waals surface area (Å²) >= 11 is 0. The lowest BCUT2D eigenvalue weighted by atomic mass is 10.1. The van der Waals surface area contributed by atoms with Crippen LogP contribution in [0.3, 0.4) is 0 Å². The lowest BCUT2D eigenvalue weighted by Gasteiger charge is -2.20. The molecule has 198 valence electrons. The van der Waals surface area contributed by atoms with E-state index in [4.69, 9.17) is 9.47 Å². The number of amides is 1. The van der Waals surface area contributed by atoms with Gasteiger partial charge in [0.25, 0.3) is 5.91 Å². The molecule has 0 unspecified atom stereocenters. The van der Waals surface area contributed by atoms with Crippen molar-refractivity contribution >= 4 is 34.0 Å². The van der Waals surface area contributed by atoms with Gasteiger partial charge in [-0.2, -0.15) is 0 Å². The van der Waals surface area contributed by atoms with Crippen molar-refractivity contribution in [2.75, 3.05) is 53.8 Å². The Balaban J connectivity index is 1.71. The van der Waals surface area contributed by atoms with Crippen molar-refractivity contribution in [2.45, 2.75) is 6.54 Å². The van der Waals surface area contributed by atoms with Gasteiger partial charge in [-0.1, -0.05) is 6.07 Å². The highest BCUT2D eigenvalue weighted by atomic mass is 16.5. The molecule has 4 aromatic rings. The number of Topliss-reactive ketones (excluding diaryl/α,β-unsaturated/α-hetero) is 1. The van der Waals surface area contributed by atoms with E-state index in [1.54, 1.807) is 67.3 Å². The molecule has 0 atom stereocenters. The summed E-state index contributed by atoms with van der Waals surface area (Å²) in [7, 11) is 8.87. The second-order valence-corrected chi connectivity index (χ2v) is 9.28. The molecule has 0 spiro atoms. The Bertz CT molecular complexity index is 1430. The Morgan fingerprint density at radius 3 is 2.32 bits per heavy atom. The highest BCUT2D eigenvalue weighted by Gasteiger charge is 2.21. The van der Waals surface area contributed by atoms with Crippen molar-refractivity contribution in [1.82, 2.24) is 19.4 Å². The van der Waals surface area contributed by atoms with Crippen molar-refractivity contribution in [1.29, 1.82) is 0 Å². The van der Waals surface area contributed by atoms with E-state index in [9.17, 15) is 9.59 Å². The minimum Gasteiger partial charge on any atom is -0.497 e. The fourth-order valence-electron chi connectivity index (χ4n) is 4.10. The monoisotopic (exact) mass is 515 g/mol. The molecule has 0 aliphatic rings. The average Bonchev–Trinajstić information content (AvgIpc) is 3.28. The number of benzene rings is 2. The molecule has 0 saturated heterocycles. The second-order valence-electron chi connectivity index (χ2n) is 9.28. The molecular weight excluding hydrogens is 482 g/mol. The van der Waals surface area contributed by atoms with Crippen molar-refractivity contribution in [3.63, 3.8) is 0 Å². The van der Waals surface area contributed by atoms with Crippen LogP contribution in [0.4, 0.5) is 11.4 Å². The van der Waals surface area contributed by atoms with E-state index in [1.807, 2.05) is 49.3 Å². The minimum atomic E-state index is -0.140. The number of hydrogen-bond acceptors (Lipinski definition) is 7. The summed E-state index contributed by atoms with van der Waals surface area (Å²) in [6.45, 7) is 1.32. The van der Waals surface area contributed by atoms with E-state index in [0.29, 0.717) is 29.4 Å². The molecule has 38 heavy (non-hydrogen) atoms. The van der Waals surface area contributed by atoms with Crippen LogP contribution in [-0.4, -0.2) is 79.5 Å². The summed E-state index contributed by atoms with van der Waals surface area (Å²) in [5, 5.41) is 4.23. The number of fused-ring (bicyclic) bond motifs is 1. The quantitative estimate of drug-likeness (QED) is 0.298. The number of methoxy groups -OCH3 is 2. The fourth-order valence-corrected chi connectivity index (χ4v) is 4.10. The van der Waals surface area contributed by atoms with Crippen LogP contribution in [0, 0.1) is 0 Å². The van der Waals surface area contributed by atoms with Crippen molar-refractivity contribution in [3.05, 3.63) is 78.1 Å². The largest absolute Gasteiger partial charge is 0.497 e. The number of carbonyl (C=O) groups excluding carboxylic acids is 2. The van der Waals surface area contributed by atoms with Gasteiger partial charge in [0.15, 0.2) is 5.78 Å². The van der Waals surface area contributed by atoms with Crippen molar-refractivity contribution in [2.24, 2.45) is 0 Å². The van der Waals surface area contributed by atoms with Gasteiger partial charge in [0.1, 0.15) is 11.4 Å². The molecule has 0 bridgehead atoms. The normalized spacial score (nSPS) is 11.0. The standard InChI is InChI=1S/C29H33N5O4/c1-32(2)14-15-33(3)29(36)26-16-21-6-9-22(31-23-12-13-30-28(18-23)38-5)17-25(21)34(26)19-27(35)20-7-10-24(37-4)11-8-20/h6-13,16-18H,14-15,19H2,1-5H3,(H,30,31). The molecule has 1 N–H and O–H groups in total. The van der Waals surface area contributed by atoms with Gasteiger partial charge in [-0.05, 0) is 62.6 Å². The Kier molecular flexibility index (Phi) is 8.28. The summed E-state index contributed by atoms with van der Waals surface area (Å²) in [5.41, 5.74) is 3.41. The highest BCUT2D eigenvalue weighted by Crippen LogP contribution is 2.28. The van der Waals surface area contributed by atoms with Gasteiger partial charge in [-0.3, -0.25) is 9.59 Å². The molecule has 1 amide bonds. The Morgan fingerprint density at radius 2 is 1.63 bits per heavy atom. The van der Waals surface area contributed by atoms with Crippen molar-refractivity contribution < 1.29 is 19.1 Å². The number of carbonyl (C=O) groups is 2. The maximum Gasteiger partial charge on any atom is 0.270 e. The second kappa shape index (κ2) is 11.8. The van der Waals surface area contributed by atoms with E-state index in [1.165, 1.54) is 0 Å². The lowest BCUT2D eigenvalue weighted by molar-refractivity contribution is 0.0775. The van der Waals surface area contributed by atoms with Crippen LogP contribution in [0.1, 0.15) is 20.8 Å². The van der Waals surface area contributed by atoms with Crippen LogP contribution in [0.2, 0.25) is 0 Å². The predicted molar refractivity (Wildman–Crippen MR) is 149 cm³/mol. The fraction of sp³-hybridized carbons (Fsp3) is 0.276. The number of pyridine rings is 1. The number of aromatic nitrogens is 2. The van der Waals surface area contributed by atoms with Crippen LogP contribution in [0.5, 0.6) is 11.6 Å². The Hall–Kier alpha value is -4.37. The molecule has 2 aromatic carbocycles. The van der Waals surface area contributed by atoms with Crippen LogP contribution >= 0.6 is 0 Å². The summed E-state index contributed by atoms with van der Waals surface area (Å²) in [5.74, 6) is 0.930. The molecular formula is C29H33N5O4. The van der Waals surface area contributed by atoms with Crippen LogP contribution in [0.15, 0.2) is 66.9 Å². The number of nitrogens with one attached hydrogen (secondary N) is 1. The van der Waals surface area contributed by atoms with E-state index < -0.39 is 0 Å². The van der Waals surface area contributed by atoms with Gasteiger partial charge in [0.2, 0.25) is 5.88 Å². The number of anilines is 2. The lowest BCUT2D eigenvalue weighted by Crippen LogP contribution is -2.34. The first-order valence-corrected chi connectivity index (χ1v) is 12.3. The molecule has 9 nitrogen and oxygen atoms in total. The van der Waals surface area contributed by atoms with Gasteiger partial charge < -0.3 is 29.2 Å². The zero-order chi connectivity index (χ0) is 27.2. The first kappa shape index (κ1) is 26.7. The third-order valence-corrected chi connectivity index (χ3v) is 6.30. The van der Waals surface area contributed by atoms with Crippen molar-refractivity contribution in [3.8, 4) is 11.6 Å². The summed E-state index contributed by atoms with van der Waals surface area (Å²) < 4.78 is 12.2. The van der Waals surface area contributed by atoms with Gasteiger partial charge in [0.05, 0.1) is 26.3 Å². The maximum absolute atomic E-state index is 13.5. The number of ketones is 1. The van der Waals surface area contributed by atoms with E-state index >= 15 is 0 Å². The number of nitrogens with zero attached hydrogens (tertiary/aromatic N) is 4. The maximum atomic E-state index is 13.5. The molecule has 2 aromatic heterocycles. The van der Waals surface area contributed by atoms with Gasteiger partial charge in [0, 0.05) is 54.7 Å². The molecule has 0 saturated carbocycles. The summed E-state index contributed by atoms with van der Waals surface area (Å²) in [4.78, 5) is 34.7. The minimum absolute atomic E-state index is 0.0188. The SMILES string of the molecule is COc1ccc(C(=O)Cn2c(C(=O)N(C)CCN(C)C)cc3ccc(Nc4ccnc(OC)c4)cc32)cc1. The van der Waals surface area contributed by atoms with E-state index in [-0.39, 0.29) is 18.2 Å². The third-order valence-electron chi connectivity index (χ3n) is 6.30. The molecule has 2 heterocycles. The number of likely N-dealkylation sites (N-methyl/N-ethyl adjacent to an activating group) is 2. The molecule has 0 aliphatic carbocycles. The molecule has 4 rings (SSSR count). The van der Waals surface area contributed by atoms with E-state index in [2.05, 4.69) is 10.3 Å². The Labute approximate surface area is 222 Å². The van der Waals surface area contributed by atoms with Crippen LogP contribution in [-0.2, 0) is 6.54 Å². The zero-order valence-corrected chi connectivity index (χ0v) is 22.4. The highest BCUT2D eigenvalue weighted by molar-refractivity contribution is 6.02. The van der Waals surface area contributed by atoms with Crippen LogP contribution in [0.25, 0.3) is 10.9 Å². The van der Waals surface area contributed by atoms with Gasteiger partial charge in [-0.15, -0.1) is 0 Å². The number of ether oxygens (including phenoxy) is 2. The molecule has 0 radical (unpaired) electrons. The summed E-state index contributed by atoms with van der Waals surface area (Å²) in [6, 6.07) is 18.3. The summed E-state index contributed by atoms with van der Waals surface area (Å²) in [6.07, 6.45) is 1.66. The van der Waals surface area contributed by atoms with E-state index in [0.717, 1.165) is 28.8 Å². The number of rotatable bonds is 11. The molecule has 0 fully saturated rings. The predicted octanol–water partition coefficient (Wildman–Crippen LogP) is 4.31. The first-order chi connectivity index (χ1) is 18.3. The molecule has 0 aliphatic heterocycles. The zero-order valence-electron chi connectivity index (χ0n) is 22.4.